The average Bonchev–Trinajstić information content (AvgIpc) is 2.93. The quantitative estimate of drug-likeness (QED) is 0.597. The summed E-state index contributed by atoms with van der Waals surface area (Å²) in [6.45, 7) is 9.23. The van der Waals surface area contributed by atoms with Gasteiger partial charge in [-0.05, 0) is 31.7 Å². The van der Waals surface area contributed by atoms with Crippen LogP contribution in [0.2, 0.25) is 0 Å². The molecule has 5 rings (SSSR count). The van der Waals surface area contributed by atoms with Crippen molar-refractivity contribution in [2.45, 2.75) is 32.7 Å². The van der Waals surface area contributed by atoms with E-state index in [1.165, 1.54) is 11.1 Å². The lowest BCUT2D eigenvalue weighted by atomic mass is 9.90. The molecule has 2 aromatic rings. The van der Waals surface area contributed by atoms with Gasteiger partial charge in [0.2, 0.25) is 0 Å². The molecular formula is C26H36N8O2. The highest BCUT2D eigenvalue weighted by Crippen LogP contribution is 2.23. The Morgan fingerprint density at radius 2 is 1.86 bits per heavy atom. The van der Waals surface area contributed by atoms with Gasteiger partial charge in [0.05, 0.1) is 25.5 Å². The zero-order chi connectivity index (χ0) is 24.7. The fraction of sp³-hybridized carbons (Fsp3) is 0.538. The molecular weight excluding hydrogens is 456 g/mol. The number of hydrogen-bond acceptors (Lipinski definition) is 8. The minimum atomic E-state index is 0.0117. The van der Waals surface area contributed by atoms with Gasteiger partial charge in [-0.1, -0.05) is 24.3 Å². The summed E-state index contributed by atoms with van der Waals surface area (Å²) >= 11 is 0. The summed E-state index contributed by atoms with van der Waals surface area (Å²) in [7, 11) is 0. The normalized spacial score (nSPS) is 19.8. The number of hydrogen-bond donors (Lipinski definition) is 2. The lowest BCUT2D eigenvalue weighted by molar-refractivity contribution is 0.122. The third-order valence-electron chi connectivity index (χ3n) is 6.94. The van der Waals surface area contributed by atoms with E-state index in [4.69, 9.17) is 19.8 Å². The number of anilines is 2. The van der Waals surface area contributed by atoms with E-state index in [9.17, 15) is 4.79 Å². The zero-order valence-electron chi connectivity index (χ0n) is 21.1. The molecule has 1 aromatic heterocycles. The van der Waals surface area contributed by atoms with E-state index in [1.54, 1.807) is 0 Å². The molecule has 192 valence electrons. The number of fused-ring (bicyclic) bond motifs is 1. The van der Waals surface area contributed by atoms with Crippen molar-refractivity contribution in [3.8, 4) is 0 Å². The van der Waals surface area contributed by atoms with Crippen LogP contribution in [0.1, 0.15) is 36.7 Å². The summed E-state index contributed by atoms with van der Waals surface area (Å²) in [4.78, 5) is 28.3. The summed E-state index contributed by atoms with van der Waals surface area (Å²) in [5, 5.41) is 7.67. The number of nitrogens with zero attached hydrogens (tertiary/aromatic N) is 6. The zero-order valence-corrected chi connectivity index (χ0v) is 21.1. The second kappa shape index (κ2) is 11.7. The van der Waals surface area contributed by atoms with Crippen LogP contribution in [0.25, 0.3) is 0 Å². The Kier molecular flexibility index (Phi) is 7.92. The van der Waals surface area contributed by atoms with E-state index in [1.807, 2.05) is 17.9 Å². The Labute approximate surface area is 212 Å². The number of amides is 2. The van der Waals surface area contributed by atoms with Crippen LogP contribution in [0.5, 0.6) is 0 Å². The van der Waals surface area contributed by atoms with E-state index in [-0.39, 0.29) is 6.03 Å². The molecule has 0 bridgehead atoms. The second-order valence-corrected chi connectivity index (χ2v) is 9.41. The van der Waals surface area contributed by atoms with Crippen molar-refractivity contribution in [3.63, 3.8) is 0 Å². The number of benzene rings is 1. The van der Waals surface area contributed by atoms with Gasteiger partial charge in [0.15, 0.2) is 5.82 Å². The molecule has 0 spiro atoms. The Hall–Kier alpha value is -3.24. The van der Waals surface area contributed by atoms with Crippen LogP contribution in [0.4, 0.5) is 16.4 Å². The SMILES string of the molecule is CCNC(=O)N1CCN(Cc2nc(N/N=C3\CCCc4ccccc43)cc(N3CCOCC3)n2)CC1. The van der Waals surface area contributed by atoms with Gasteiger partial charge in [0.25, 0.3) is 0 Å². The first-order valence-electron chi connectivity index (χ1n) is 13.1. The number of piperazine rings is 1. The molecule has 2 saturated heterocycles. The lowest BCUT2D eigenvalue weighted by Gasteiger charge is -2.34. The van der Waals surface area contributed by atoms with Crippen LogP contribution in [0, 0.1) is 0 Å². The Balaban J connectivity index is 1.32. The number of nitrogens with one attached hydrogen (secondary N) is 2. The number of carbonyl (C=O) groups excluding carboxylic acids is 1. The van der Waals surface area contributed by atoms with E-state index < -0.39 is 0 Å². The Morgan fingerprint density at radius 1 is 1.06 bits per heavy atom. The first kappa shape index (κ1) is 24.5. The molecule has 0 atom stereocenters. The number of urea groups is 1. The monoisotopic (exact) mass is 492 g/mol. The first-order chi connectivity index (χ1) is 17.7. The van der Waals surface area contributed by atoms with Crippen LogP contribution < -0.4 is 15.6 Å². The number of carbonyl (C=O) groups is 1. The molecule has 10 heteroatoms. The Morgan fingerprint density at radius 3 is 2.67 bits per heavy atom. The van der Waals surface area contributed by atoms with Crippen molar-refractivity contribution in [2.24, 2.45) is 5.10 Å². The van der Waals surface area contributed by atoms with E-state index in [2.05, 4.69) is 44.8 Å². The third kappa shape index (κ3) is 5.93. The van der Waals surface area contributed by atoms with Crippen molar-refractivity contribution < 1.29 is 9.53 Å². The largest absolute Gasteiger partial charge is 0.378 e. The highest BCUT2D eigenvalue weighted by atomic mass is 16.5. The first-order valence-corrected chi connectivity index (χ1v) is 13.1. The van der Waals surface area contributed by atoms with Crippen molar-refractivity contribution in [2.75, 3.05) is 69.4 Å². The van der Waals surface area contributed by atoms with Crippen LogP contribution in [-0.4, -0.2) is 90.5 Å². The van der Waals surface area contributed by atoms with Gasteiger partial charge in [0.1, 0.15) is 11.6 Å². The molecule has 1 aliphatic carbocycles. The van der Waals surface area contributed by atoms with Gasteiger partial charge in [-0.15, -0.1) is 0 Å². The highest BCUT2D eigenvalue weighted by molar-refractivity contribution is 6.03. The van der Waals surface area contributed by atoms with Crippen molar-refractivity contribution in [3.05, 3.63) is 47.3 Å². The van der Waals surface area contributed by atoms with Gasteiger partial charge < -0.3 is 19.9 Å². The minimum Gasteiger partial charge on any atom is -0.378 e. The van der Waals surface area contributed by atoms with E-state index >= 15 is 0 Å². The predicted molar refractivity (Wildman–Crippen MR) is 141 cm³/mol. The molecule has 2 amide bonds. The maximum Gasteiger partial charge on any atom is 0.317 e. The fourth-order valence-electron chi connectivity index (χ4n) is 4.98. The maximum absolute atomic E-state index is 12.1. The maximum atomic E-state index is 12.1. The number of aromatic nitrogens is 2. The molecule has 2 N–H and O–H groups in total. The summed E-state index contributed by atoms with van der Waals surface area (Å²) < 4.78 is 5.54. The number of ether oxygens (including phenoxy) is 1. The van der Waals surface area contributed by atoms with Gasteiger partial charge in [-0.2, -0.15) is 5.10 Å². The molecule has 3 heterocycles. The molecule has 3 aliphatic rings. The highest BCUT2D eigenvalue weighted by Gasteiger charge is 2.22. The Bertz CT molecular complexity index is 1080. The average molecular weight is 493 g/mol. The molecule has 2 aliphatic heterocycles. The van der Waals surface area contributed by atoms with Crippen molar-refractivity contribution in [1.82, 2.24) is 25.1 Å². The van der Waals surface area contributed by atoms with Gasteiger partial charge in [-0.25, -0.2) is 14.8 Å². The summed E-state index contributed by atoms with van der Waals surface area (Å²) in [6, 6.07) is 10.5. The molecule has 36 heavy (non-hydrogen) atoms. The summed E-state index contributed by atoms with van der Waals surface area (Å²) in [5.74, 6) is 2.37. The standard InChI is InChI=1S/C26H36N8O2/c1-2-27-26(35)34-12-10-32(11-13-34)19-24-28-23(18-25(29-24)33-14-16-36-17-15-33)31-30-22-9-5-7-20-6-3-4-8-21(20)22/h3-4,6,8,18H,2,5,7,9-17,19H2,1H3,(H,27,35)(H,28,29,31)/b30-22+. The van der Waals surface area contributed by atoms with Gasteiger partial charge in [0, 0.05) is 57.4 Å². The van der Waals surface area contributed by atoms with Crippen molar-refractivity contribution in [1.29, 1.82) is 0 Å². The van der Waals surface area contributed by atoms with E-state index in [0.29, 0.717) is 45.2 Å². The van der Waals surface area contributed by atoms with Crippen molar-refractivity contribution >= 4 is 23.4 Å². The molecule has 1 aromatic carbocycles. The van der Waals surface area contributed by atoms with Gasteiger partial charge in [-0.3, -0.25) is 10.3 Å². The van der Waals surface area contributed by atoms with E-state index in [0.717, 1.165) is 62.8 Å². The molecule has 2 fully saturated rings. The summed E-state index contributed by atoms with van der Waals surface area (Å²) in [6.07, 6.45) is 3.16. The van der Waals surface area contributed by atoms with Crippen LogP contribution in [-0.2, 0) is 17.7 Å². The minimum absolute atomic E-state index is 0.0117. The number of aryl methyl sites for hydroxylation is 1. The summed E-state index contributed by atoms with van der Waals surface area (Å²) in [5.41, 5.74) is 6.90. The topological polar surface area (TPSA) is 98.2 Å². The predicted octanol–water partition coefficient (Wildman–Crippen LogP) is 2.31. The number of hydrazone groups is 1. The third-order valence-corrected chi connectivity index (χ3v) is 6.94. The van der Waals surface area contributed by atoms with Crippen LogP contribution in [0.3, 0.4) is 0 Å². The molecule has 0 radical (unpaired) electrons. The van der Waals surface area contributed by atoms with Gasteiger partial charge >= 0.3 is 6.03 Å². The molecule has 0 saturated carbocycles. The number of rotatable bonds is 6. The second-order valence-electron chi connectivity index (χ2n) is 9.41. The van der Waals surface area contributed by atoms with Crippen LogP contribution in [0.15, 0.2) is 35.4 Å². The number of morpholine rings is 1. The fourth-order valence-corrected chi connectivity index (χ4v) is 4.98. The lowest BCUT2D eigenvalue weighted by Crippen LogP contribution is -2.51. The molecule has 10 nitrogen and oxygen atoms in total. The van der Waals surface area contributed by atoms with Crippen LogP contribution >= 0.6 is 0 Å². The molecule has 0 unspecified atom stereocenters. The smallest absolute Gasteiger partial charge is 0.317 e.